The minimum absolute atomic E-state index is 0.164. The Kier molecular flexibility index (Phi) is 2.86. The lowest BCUT2D eigenvalue weighted by atomic mass is 9.91. The second kappa shape index (κ2) is 4.54. The molecule has 2 nitrogen and oxygen atoms in total. The molecule has 0 N–H and O–H groups in total. The van der Waals surface area contributed by atoms with Gasteiger partial charge in [0.15, 0.2) is 0 Å². The molecule has 3 rings (SSSR count). The van der Waals surface area contributed by atoms with Crippen LogP contribution in [0.4, 0.5) is 0 Å². The molecule has 0 fully saturated rings. The van der Waals surface area contributed by atoms with Crippen molar-refractivity contribution < 1.29 is 9.53 Å². The molecule has 1 aliphatic heterocycles. The van der Waals surface area contributed by atoms with Crippen LogP contribution in [0.1, 0.15) is 38.7 Å². The van der Waals surface area contributed by atoms with Crippen molar-refractivity contribution in [3.05, 3.63) is 70.3 Å². The molecule has 96 valence electrons. The summed E-state index contributed by atoms with van der Waals surface area (Å²) in [5.41, 5.74) is 5.22. The number of fused-ring (bicyclic) bond motifs is 1. The predicted octanol–water partition coefficient (Wildman–Crippen LogP) is 3.76. The highest BCUT2D eigenvalue weighted by Gasteiger charge is 2.27. The van der Waals surface area contributed by atoms with Gasteiger partial charge in [-0.25, -0.2) is 4.79 Å². The quantitative estimate of drug-likeness (QED) is 0.722. The predicted molar refractivity (Wildman–Crippen MR) is 74.2 cm³/mol. The van der Waals surface area contributed by atoms with E-state index < -0.39 is 0 Å². The summed E-state index contributed by atoms with van der Waals surface area (Å²) >= 11 is 0. The van der Waals surface area contributed by atoms with E-state index in [4.69, 9.17) is 4.74 Å². The lowest BCUT2D eigenvalue weighted by Crippen LogP contribution is -2.22. The SMILES string of the molecule is Cc1cc2c(cc1C)C(=O)OC(c1ccccc1)C2. The van der Waals surface area contributed by atoms with Gasteiger partial charge in [-0.05, 0) is 42.2 Å². The number of hydrogen-bond donors (Lipinski definition) is 0. The van der Waals surface area contributed by atoms with E-state index in [-0.39, 0.29) is 12.1 Å². The molecule has 0 saturated heterocycles. The van der Waals surface area contributed by atoms with E-state index in [0.29, 0.717) is 0 Å². The third-order valence-electron chi connectivity index (χ3n) is 3.77. The number of esters is 1. The van der Waals surface area contributed by atoms with Gasteiger partial charge in [0.05, 0.1) is 5.56 Å². The highest BCUT2D eigenvalue weighted by molar-refractivity contribution is 5.92. The maximum Gasteiger partial charge on any atom is 0.339 e. The average molecular weight is 252 g/mol. The summed E-state index contributed by atoms with van der Waals surface area (Å²) in [6, 6.07) is 14.0. The summed E-state index contributed by atoms with van der Waals surface area (Å²) < 4.78 is 5.55. The second-order valence-corrected chi connectivity index (χ2v) is 5.10. The molecule has 0 aromatic heterocycles. The summed E-state index contributed by atoms with van der Waals surface area (Å²) in [5, 5.41) is 0. The van der Waals surface area contributed by atoms with Crippen LogP contribution in [0.3, 0.4) is 0 Å². The zero-order chi connectivity index (χ0) is 13.4. The van der Waals surface area contributed by atoms with Gasteiger partial charge in [0.2, 0.25) is 0 Å². The number of carbonyl (C=O) groups excluding carboxylic acids is 1. The zero-order valence-electron chi connectivity index (χ0n) is 11.1. The summed E-state index contributed by atoms with van der Waals surface area (Å²) in [7, 11) is 0. The Labute approximate surface area is 113 Å². The molecular formula is C17H16O2. The van der Waals surface area contributed by atoms with Gasteiger partial charge in [0.1, 0.15) is 6.10 Å². The maximum absolute atomic E-state index is 12.1. The molecule has 0 saturated carbocycles. The van der Waals surface area contributed by atoms with Gasteiger partial charge in [-0.2, -0.15) is 0 Å². The molecule has 0 aliphatic carbocycles. The molecule has 1 heterocycles. The Morgan fingerprint density at radius 1 is 1.05 bits per heavy atom. The third kappa shape index (κ3) is 2.14. The van der Waals surface area contributed by atoms with Crippen molar-refractivity contribution in [1.82, 2.24) is 0 Å². The Balaban J connectivity index is 2.00. The van der Waals surface area contributed by atoms with Gasteiger partial charge >= 0.3 is 5.97 Å². The van der Waals surface area contributed by atoms with Gasteiger partial charge in [-0.1, -0.05) is 36.4 Å². The van der Waals surface area contributed by atoms with Crippen molar-refractivity contribution in [3.63, 3.8) is 0 Å². The normalized spacial score (nSPS) is 17.8. The number of aryl methyl sites for hydroxylation is 2. The van der Waals surface area contributed by atoms with E-state index in [1.54, 1.807) is 0 Å². The van der Waals surface area contributed by atoms with E-state index in [1.807, 2.05) is 43.3 Å². The standard InChI is InChI=1S/C17H16O2/c1-11-8-14-10-16(13-6-4-3-5-7-13)19-17(18)15(14)9-12(11)2/h3-9,16H,10H2,1-2H3. The minimum Gasteiger partial charge on any atom is -0.454 e. The molecule has 1 atom stereocenters. The number of hydrogen-bond acceptors (Lipinski definition) is 2. The van der Waals surface area contributed by atoms with Crippen molar-refractivity contribution in [3.8, 4) is 0 Å². The van der Waals surface area contributed by atoms with Gasteiger partial charge in [0.25, 0.3) is 0 Å². The largest absolute Gasteiger partial charge is 0.454 e. The van der Waals surface area contributed by atoms with Crippen LogP contribution >= 0.6 is 0 Å². The van der Waals surface area contributed by atoms with Crippen molar-refractivity contribution in [2.24, 2.45) is 0 Å². The molecule has 2 aromatic rings. The smallest absolute Gasteiger partial charge is 0.339 e. The highest BCUT2D eigenvalue weighted by Crippen LogP contribution is 2.31. The average Bonchev–Trinajstić information content (AvgIpc) is 2.42. The van der Waals surface area contributed by atoms with Crippen LogP contribution < -0.4 is 0 Å². The molecule has 2 heteroatoms. The Morgan fingerprint density at radius 2 is 1.74 bits per heavy atom. The minimum atomic E-state index is -0.210. The first-order chi connectivity index (χ1) is 9.15. The summed E-state index contributed by atoms with van der Waals surface area (Å²) in [6.45, 7) is 4.10. The fourth-order valence-corrected chi connectivity index (χ4v) is 2.52. The van der Waals surface area contributed by atoms with E-state index in [0.717, 1.165) is 28.7 Å². The fourth-order valence-electron chi connectivity index (χ4n) is 2.52. The van der Waals surface area contributed by atoms with Crippen LogP contribution in [0, 0.1) is 13.8 Å². The Hall–Kier alpha value is -2.09. The fraction of sp³-hybridized carbons (Fsp3) is 0.235. The van der Waals surface area contributed by atoms with Crippen molar-refractivity contribution in [1.29, 1.82) is 0 Å². The third-order valence-corrected chi connectivity index (χ3v) is 3.77. The molecule has 0 radical (unpaired) electrons. The van der Waals surface area contributed by atoms with Gasteiger partial charge < -0.3 is 4.74 Å². The van der Waals surface area contributed by atoms with Crippen molar-refractivity contribution in [2.75, 3.05) is 0 Å². The van der Waals surface area contributed by atoms with Crippen LogP contribution in [0.25, 0.3) is 0 Å². The molecule has 2 aromatic carbocycles. The van der Waals surface area contributed by atoms with Gasteiger partial charge in [-0.15, -0.1) is 0 Å². The maximum atomic E-state index is 12.1. The molecule has 0 spiro atoms. The van der Waals surface area contributed by atoms with Crippen LogP contribution in [-0.4, -0.2) is 5.97 Å². The summed E-state index contributed by atoms with van der Waals surface area (Å²) in [6.07, 6.45) is 0.593. The summed E-state index contributed by atoms with van der Waals surface area (Å²) in [5.74, 6) is -0.210. The molecule has 19 heavy (non-hydrogen) atoms. The second-order valence-electron chi connectivity index (χ2n) is 5.10. The molecule has 0 bridgehead atoms. The number of rotatable bonds is 1. The molecule has 1 unspecified atom stereocenters. The van der Waals surface area contributed by atoms with E-state index in [2.05, 4.69) is 13.0 Å². The Bertz CT molecular complexity index is 629. The van der Waals surface area contributed by atoms with Gasteiger partial charge in [-0.3, -0.25) is 0 Å². The zero-order valence-corrected chi connectivity index (χ0v) is 11.1. The molecule has 0 amide bonds. The van der Waals surface area contributed by atoms with Crippen molar-refractivity contribution in [2.45, 2.75) is 26.4 Å². The number of benzene rings is 2. The van der Waals surface area contributed by atoms with Crippen LogP contribution in [0.5, 0.6) is 0 Å². The van der Waals surface area contributed by atoms with Crippen LogP contribution in [0.15, 0.2) is 42.5 Å². The topological polar surface area (TPSA) is 26.3 Å². The van der Waals surface area contributed by atoms with E-state index in [9.17, 15) is 4.79 Å². The lowest BCUT2D eigenvalue weighted by molar-refractivity contribution is 0.0252. The van der Waals surface area contributed by atoms with Crippen LogP contribution in [-0.2, 0) is 11.2 Å². The van der Waals surface area contributed by atoms with Gasteiger partial charge in [0, 0.05) is 6.42 Å². The molecular weight excluding hydrogens is 236 g/mol. The first-order valence-corrected chi connectivity index (χ1v) is 6.51. The van der Waals surface area contributed by atoms with Crippen LogP contribution in [0.2, 0.25) is 0 Å². The van der Waals surface area contributed by atoms with Crippen molar-refractivity contribution >= 4 is 5.97 Å². The number of cyclic esters (lactones) is 1. The monoisotopic (exact) mass is 252 g/mol. The number of carbonyl (C=O) groups is 1. The van der Waals surface area contributed by atoms with E-state index >= 15 is 0 Å². The first-order valence-electron chi connectivity index (χ1n) is 6.51. The highest BCUT2D eigenvalue weighted by atomic mass is 16.5. The Morgan fingerprint density at radius 3 is 2.47 bits per heavy atom. The number of ether oxygens (including phenoxy) is 1. The summed E-state index contributed by atoms with van der Waals surface area (Å²) in [4.78, 5) is 12.1. The van der Waals surface area contributed by atoms with E-state index in [1.165, 1.54) is 5.56 Å². The lowest BCUT2D eigenvalue weighted by Gasteiger charge is -2.25. The molecule has 1 aliphatic rings. The first kappa shape index (κ1) is 12.0.